The van der Waals surface area contributed by atoms with E-state index in [0.717, 1.165) is 11.3 Å². The lowest BCUT2D eigenvalue weighted by molar-refractivity contribution is 0.0755. The molecule has 1 aliphatic heterocycles. The summed E-state index contributed by atoms with van der Waals surface area (Å²) in [5, 5.41) is 6.91. The van der Waals surface area contributed by atoms with Crippen LogP contribution in [0.5, 0.6) is 0 Å². The number of hydrogen-bond donors (Lipinski definition) is 2. The minimum atomic E-state index is -0.160. The van der Waals surface area contributed by atoms with Crippen molar-refractivity contribution in [2.75, 3.05) is 12.3 Å². The molecule has 0 aliphatic carbocycles. The summed E-state index contributed by atoms with van der Waals surface area (Å²) in [6.07, 6.45) is 0.488. The smallest absolute Gasteiger partial charge is 0.261 e. The van der Waals surface area contributed by atoms with E-state index < -0.39 is 0 Å². The molecule has 3 rings (SSSR count). The Morgan fingerprint density at radius 3 is 2.82 bits per heavy atom. The number of carbonyl (C=O) groups is 1. The van der Waals surface area contributed by atoms with Crippen LogP contribution in [-0.2, 0) is 4.84 Å². The molecule has 3 N–H and O–H groups in total. The number of benzene rings is 1. The van der Waals surface area contributed by atoms with Crippen LogP contribution in [0, 0.1) is 0 Å². The largest absolute Gasteiger partial charge is 0.399 e. The number of nitrogens with two attached hydrogens (primary N) is 1. The Hall–Kier alpha value is -2.05. The maximum atomic E-state index is 11.9. The Morgan fingerprint density at radius 1 is 1.36 bits per heavy atom. The van der Waals surface area contributed by atoms with E-state index in [2.05, 4.69) is 10.5 Å². The van der Waals surface area contributed by atoms with Gasteiger partial charge in [-0.2, -0.15) is 0 Å². The lowest BCUT2D eigenvalue weighted by Crippen LogP contribution is -2.31. The van der Waals surface area contributed by atoms with Gasteiger partial charge in [0, 0.05) is 12.1 Å². The molecule has 0 radical (unpaired) electrons. The Balaban J connectivity index is 1.52. The molecular weight excluding hydrogens is 322 g/mol. The molecule has 1 atom stereocenters. The zero-order valence-corrected chi connectivity index (χ0v) is 13.2. The molecule has 22 heavy (non-hydrogen) atoms. The molecule has 1 aliphatic rings. The van der Waals surface area contributed by atoms with E-state index >= 15 is 0 Å². The number of anilines is 1. The fourth-order valence-electron chi connectivity index (χ4n) is 2.11. The number of nitrogens with one attached hydrogen (secondary N) is 1. The first-order valence-corrected chi connectivity index (χ1v) is 7.93. The van der Waals surface area contributed by atoms with Crippen LogP contribution in [0.2, 0.25) is 4.34 Å². The van der Waals surface area contributed by atoms with Crippen molar-refractivity contribution >= 4 is 40.2 Å². The molecule has 1 aromatic carbocycles. The number of oxime groups is 1. The summed E-state index contributed by atoms with van der Waals surface area (Å²) in [5.41, 5.74) is 8.21. The fraction of sp³-hybridized carbons (Fsp3) is 0.200. The lowest BCUT2D eigenvalue weighted by Gasteiger charge is -2.09. The quantitative estimate of drug-likeness (QED) is 0.843. The van der Waals surface area contributed by atoms with Gasteiger partial charge in [0.2, 0.25) is 0 Å². The molecule has 5 nitrogen and oxygen atoms in total. The minimum absolute atomic E-state index is 0.151. The van der Waals surface area contributed by atoms with E-state index in [1.807, 2.05) is 24.3 Å². The van der Waals surface area contributed by atoms with Gasteiger partial charge < -0.3 is 15.9 Å². The molecule has 7 heteroatoms. The summed E-state index contributed by atoms with van der Waals surface area (Å²) in [6, 6.07) is 10.9. The molecule has 0 spiro atoms. The fourth-order valence-corrected chi connectivity index (χ4v) is 3.07. The van der Waals surface area contributed by atoms with Crippen molar-refractivity contribution in [2.45, 2.75) is 12.5 Å². The average molecular weight is 336 g/mol. The Morgan fingerprint density at radius 2 is 2.14 bits per heavy atom. The second-order valence-corrected chi connectivity index (χ2v) is 6.62. The lowest BCUT2D eigenvalue weighted by atomic mass is 10.0. The predicted molar refractivity (Wildman–Crippen MR) is 88.5 cm³/mol. The van der Waals surface area contributed by atoms with Gasteiger partial charge in [0.05, 0.1) is 21.5 Å². The van der Waals surface area contributed by atoms with Crippen molar-refractivity contribution in [3.8, 4) is 0 Å². The highest BCUT2D eigenvalue weighted by Gasteiger charge is 2.23. The molecule has 2 aromatic rings. The molecule has 114 valence electrons. The number of thiophene rings is 1. The van der Waals surface area contributed by atoms with E-state index in [-0.39, 0.29) is 12.0 Å². The molecule has 0 bridgehead atoms. The summed E-state index contributed by atoms with van der Waals surface area (Å²) in [4.78, 5) is 17.9. The van der Waals surface area contributed by atoms with Gasteiger partial charge in [-0.3, -0.25) is 4.79 Å². The number of halogens is 1. The number of carbonyl (C=O) groups excluding carboxylic acids is 1. The Bertz CT molecular complexity index is 712. The van der Waals surface area contributed by atoms with Gasteiger partial charge in [0.1, 0.15) is 6.10 Å². The van der Waals surface area contributed by atoms with E-state index in [9.17, 15) is 4.79 Å². The maximum Gasteiger partial charge on any atom is 0.261 e. The molecule has 1 unspecified atom stereocenters. The molecule has 1 amide bonds. The van der Waals surface area contributed by atoms with Crippen LogP contribution in [0.15, 0.2) is 41.6 Å². The summed E-state index contributed by atoms with van der Waals surface area (Å²) in [5.74, 6) is -0.151. The zero-order valence-electron chi connectivity index (χ0n) is 11.6. The van der Waals surface area contributed by atoms with Crippen molar-refractivity contribution in [3.63, 3.8) is 0 Å². The van der Waals surface area contributed by atoms with Gasteiger partial charge in [0.25, 0.3) is 5.91 Å². The molecule has 0 saturated carbocycles. The highest BCUT2D eigenvalue weighted by Crippen LogP contribution is 2.21. The van der Waals surface area contributed by atoms with E-state index in [1.165, 1.54) is 11.3 Å². The van der Waals surface area contributed by atoms with Crippen molar-refractivity contribution in [1.29, 1.82) is 0 Å². The zero-order chi connectivity index (χ0) is 15.5. The van der Waals surface area contributed by atoms with Gasteiger partial charge in [-0.05, 0) is 29.8 Å². The normalized spacial score (nSPS) is 17.0. The van der Waals surface area contributed by atoms with Crippen LogP contribution in [0.3, 0.4) is 0 Å². The first-order valence-electron chi connectivity index (χ1n) is 6.74. The van der Waals surface area contributed by atoms with E-state index in [1.54, 1.807) is 12.1 Å². The standard InChI is InChI=1S/C15H14ClN3O2S/c16-14-6-5-13(22-14)15(20)18-8-11-7-12(19-21-11)9-1-3-10(17)4-2-9/h1-6,11H,7-8,17H2,(H,18,20). The summed E-state index contributed by atoms with van der Waals surface area (Å²) in [6.45, 7) is 0.399. The third-order valence-corrected chi connectivity index (χ3v) is 4.49. The van der Waals surface area contributed by atoms with E-state index in [4.69, 9.17) is 22.2 Å². The maximum absolute atomic E-state index is 11.9. The summed E-state index contributed by atoms with van der Waals surface area (Å²) < 4.78 is 0.594. The Kier molecular flexibility index (Phi) is 4.31. The van der Waals surface area contributed by atoms with Gasteiger partial charge in [-0.1, -0.05) is 28.9 Å². The van der Waals surface area contributed by atoms with Crippen molar-refractivity contribution in [2.24, 2.45) is 5.16 Å². The molecule has 0 fully saturated rings. The number of rotatable bonds is 4. The predicted octanol–water partition coefficient (Wildman–Crippen LogP) is 2.91. The second kappa shape index (κ2) is 6.37. The Labute approximate surface area is 136 Å². The van der Waals surface area contributed by atoms with Gasteiger partial charge in [0.15, 0.2) is 0 Å². The number of amides is 1. The summed E-state index contributed by atoms with van der Waals surface area (Å²) in [7, 11) is 0. The second-order valence-electron chi connectivity index (χ2n) is 4.91. The molecule has 1 aromatic heterocycles. The molecule has 0 saturated heterocycles. The highest BCUT2D eigenvalue weighted by molar-refractivity contribution is 7.17. The van der Waals surface area contributed by atoms with Crippen LogP contribution in [0.4, 0.5) is 5.69 Å². The summed E-state index contributed by atoms with van der Waals surface area (Å²) >= 11 is 7.07. The van der Waals surface area contributed by atoms with Crippen LogP contribution in [0.25, 0.3) is 0 Å². The number of hydrogen-bond acceptors (Lipinski definition) is 5. The minimum Gasteiger partial charge on any atom is -0.399 e. The van der Waals surface area contributed by atoms with Crippen LogP contribution < -0.4 is 11.1 Å². The highest BCUT2D eigenvalue weighted by atomic mass is 35.5. The number of nitrogen functional groups attached to an aromatic ring is 1. The van der Waals surface area contributed by atoms with Crippen molar-refractivity contribution in [3.05, 3.63) is 51.2 Å². The van der Waals surface area contributed by atoms with Crippen molar-refractivity contribution < 1.29 is 9.63 Å². The first-order chi connectivity index (χ1) is 10.6. The van der Waals surface area contributed by atoms with Gasteiger partial charge in [-0.15, -0.1) is 11.3 Å². The number of nitrogens with zero attached hydrogens (tertiary/aromatic N) is 1. The monoisotopic (exact) mass is 335 g/mol. The average Bonchev–Trinajstić information content (AvgIpc) is 3.15. The van der Waals surface area contributed by atoms with Gasteiger partial charge >= 0.3 is 0 Å². The first kappa shape index (κ1) is 14.9. The SMILES string of the molecule is Nc1ccc(C2=NOC(CNC(=O)c3ccc(Cl)s3)C2)cc1. The third kappa shape index (κ3) is 3.40. The van der Waals surface area contributed by atoms with Crippen LogP contribution in [-0.4, -0.2) is 24.3 Å². The topological polar surface area (TPSA) is 76.7 Å². The third-order valence-electron chi connectivity index (χ3n) is 3.26. The van der Waals surface area contributed by atoms with Crippen LogP contribution >= 0.6 is 22.9 Å². The van der Waals surface area contributed by atoms with Crippen molar-refractivity contribution in [1.82, 2.24) is 5.32 Å². The van der Waals surface area contributed by atoms with E-state index in [0.29, 0.717) is 27.9 Å². The van der Waals surface area contributed by atoms with Crippen LogP contribution in [0.1, 0.15) is 21.7 Å². The molecular formula is C15H14ClN3O2S. The van der Waals surface area contributed by atoms with Gasteiger partial charge in [-0.25, -0.2) is 0 Å². The molecule has 2 heterocycles.